The first-order valence-corrected chi connectivity index (χ1v) is 5.55. The number of benzene rings is 2. The highest BCUT2D eigenvalue weighted by molar-refractivity contribution is 5.30. The summed E-state index contributed by atoms with van der Waals surface area (Å²) in [5.74, 6) is -0.409. The second-order valence-corrected chi connectivity index (χ2v) is 3.88. The lowest BCUT2D eigenvalue weighted by molar-refractivity contribution is 0.298. The molecule has 0 atom stereocenters. The smallest absolute Gasteiger partial charge is 0.129 e. The normalized spacial score (nSPS) is 10.4. The maximum Gasteiger partial charge on any atom is 0.129 e. The lowest BCUT2D eigenvalue weighted by Gasteiger charge is -2.08. The van der Waals surface area contributed by atoms with Gasteiger partial charge in [-0.15, -0.1) is 0 Å². The van der Waals surface area contributed by atoms with E-state index in [9.17, 15) is 8.78 Å². The van der Waals surface area contributed by atoms with Gasteiger partial charge in [-0.05, 0) is 23.8 Å². The Morgan fingerprint density at radius 3 is 2.56 bits per heavy atom. The Morgan fingerprint density at radius 1 is 1.06 bits per heavy atom. The van der Waals surface area contributed by atoms with E-state index in [4.69, 9.17) is 10.5 Å². The fourth-order valence-corrected chi connectivity index (χ4v) is 1.60. The van der Waals surface area contributed by atoms with Crippen molar-refractivity contribution in [1.82, 2.24) is 0 Å². The van der Waals surface area contributed by atoms with Crippen molar-refractivity contribution >= 4 is 0 Å². The number of hydrogen-bond donors (Lipinski definition) is 1. The van der Waals surface area contributed by atoms with Gasteiger partial charge >= 0.3 is 0 Å². The molecule has 0 aliphatic heterocycles. The number of rotatable bonds is 4. The monoisotopic (exact) mass is 249 g/mol. The molecule has 0 aromatic heterocycles. The lowest BCUT2D eigenvalue weighted by Crippen LogP contribution is -2.01. The number of nitrogens with two attached hydrogens (primary N) is 1. The molecule has 0 aliphatic rings. The van der Waals surface area contributed by atoms with Crippen molar-refractivity contribution in [3.8, 4) is 5.75 Å². The molecule has 0 amide bonds. The molecule has 0 fully saturated rings. The first kappa shape index (κ1) is 12.5. The van der Waals surface area contributed by atoms with Gasteiger partial charge < -0.3 is 10.5 Å². The maximum absolute atomic E-state index is 13.3. The van der Waals surface area contributed by atoms with E-state index in [1.54, 1.807) is 24.3 Å². The van der Waals surface area contributed by atoms with Crippen LogP contribution in [0.15, 0.2) is 42.5 Å². The molecule has 4 heteroatoms. The summed E-state index contributed by atoms with van der Waals surface area (Å²) in [6, 6.07) is 10.5. The minimum absolute atomic E-state index is 0.0557. The summed E-state index contributed by atoms with van der Waals surface area (Å²) < 4.78 is 31.9. The molecule has 0 saturated carbocycles. The van der Waals surface area contributed by atoms with Crippen LogP contribution in [0.5, 0.6) is 5.75 Å². The van der Waals surface area contributed by atoms with Gasteiger partial charge in [0.15, 0.2) is 0 Å². The van der Waals surface area contributed by atoms with Gasteiger partial charge in [0.25, 0.3) is 0 Å². The van der Waals surface area contributed by atoms with Crippen LogP contribution >= 0.6 is 0 Å². The van der Waals surface area contributed by atoms with Gasteiger partial charge in [0.05, 0.1) is 0 Å². The predicted molar refractivity (Wildman–Crippen MR) is 65.0 cm³/mol. The third kappa shape index (κ3) is 3.05. The molecule has 0 unspecified atom stereocenters. The second-order valence-electron chi connectivity index (χ2n) is 3.88. The van der Waals surface area contributed by atoms with E-state index < -0.39 is 5.82 Å². The highest BCUT2D eigenvalue weighted by Crippen LogP contribution is 2.18. The number of ether oxygens (including phenoxy) is 1. The first-order valence-electron chi connectivity index (χ1n) is 5.55. The van der Waals surface area contributed by atoms with E-state index >= 15 is 0 Å². The molecule has 0 aliphatic carbocycles. The molecular formula is C14H13F2NO. The van der Waals surface area contributed by atoms with Gasteiger partial charge in [0, 0.05) is 18.2 Å². The quantitative estimate of drug-likeness (QED) is 0.904. The topological polar surface area (TPSA) is 35.2 Å². The average Bonchev–Trinajstić information content (AvgIpc) is 2.37. The Balaban J connectivity index is 2.11. The van der Waals surface area contributed by atoms with Gasteiger partial charge in [0.1, 0.15) is 24.0 Å². The lowest BCUT2D eigenvalue weighted by atomic mass is 10.2. The molecule has 94 valence electrons. The van der Waals surface area contributed by atoms with E-state index in [0.29, 0.717) is 16.9 Å². The Kier molecular flexibility index (Phi) is 3.89. The van der Waals surface area contributed by atoms with Crippen molar-refractivity contribution in [3.05, 3.63) is 65.2 Å². The van der Waals surface area contributed by atoms with Crippen LogP contribution in [-0.4, -0.2) is 0 Å². The van der Waals surface area contributed by atoms with E-state index in [1.807, 2.05) is 0 Å². The third-order valence-electron chi connectivity index (χ3n) is 2.52. The Hall–Kier alpha value is -1.94. The van der Waals surface area contributed by atoms with Gasteiger partial charge in [-0.3, -0.25) is 0 Å². The molecule has 2 nitrogen and oxygen atoms in total. The van der Waals surface area contributed by atoms with Crippen molar-refractivity contribution in [2.24, 2.45) is 5.73 Å². The molecule has 2 aromatic carbocycles. The maximum atomic E-state index is 13.3. The molecule has 18 heavy (non-hydrogen) atoms. The molecular weight excluding hydrogens is 236 g/mol. The molecule has 2 rings (SSSR count). The van der Waals surface area contributed by atoms with E-state index in [2.05, 4.69) is 0 Å². The second kappa shape index (κ2) is 5.60. The highest BCUT2D eigenvalue weighted by atomic mass is 19.1. The van der Waals surface area contributed by atoms with Crippen molar-refractivity contribution in [3.63, 3.8) is 0 Å². The SMILES string of the molecule is NCc1cc(F)cc(OCc2ccccc2F)c1. The Morgan fingerprint density at radius 2 is 1.83 bits per heavy atom. The molecule has 0 saturated heterocycles. The van der Waals surface area contributed by atoms with E-state index in [0.717, 1.165) is 0 Å². The van der Waals surface area contributed by atoms with Crippen LogP contribution in [0.2, 0.25) is 0 Å². The van der Waals surface area contributed by atoms with Crippen LogP contribution in [0.3, 0.4) is 0 Å². The van der Waals surface area contributed by atoms with Crippen LogP contribution < -0.4 is 10.5 Å². The van der Waals surface area contributed by atoms with Crippen molar-refractivity contribution in [2.45, 2.75) is 13.2 Å². The minimum atomic E-state index is -0.415. The summed E-state index contributed by atoms with van der Waals surface area (Å²) in [5.41, 5.74) is 6.50. The third-order valence-corrected chi connectivity index (χ3v) is 2.52. The average molecular weight is 249 g/mol. The number of halogens is 2. The van der Waals surface area contributed by atoms with Gasteiger partial charge in [0.2, 0.25) is 0 Å². The van der Waals surface area contributed by atoms with Gasteiger partial charge in [-0.1, -0.05) is 18.2 Å². The summed E-state index contributed by atoms with van der Waals surface area (Å²) in [7, 11) is 0. The highest BCUT2D eigenvalue weighted by Gasteiger charge is 2.04. The van der Waals surface area contributed by atoms with Crippen LogP contribution in [0, 0.1) is 11.6 Å². The van der Waals surface area contributed by atoms with Crippen LogP contribution in [0.1, 0.15) is 11.1 Å². The summed E-state index contributed by atoms with van der Waals surface area (Å²) in [6.07, 6.45) is 0. The molecule has 2 aromatic rings. The zero-order valence-corrected chi connectivity index (χ0v) is 9.70. The zero-order chi connectivity index (χ0) is 13.0. The summed E-state index contributed by atoms with van der Waals surface area (Å²) in [4.78, 5) is 0. The van der Waals surface area contributed by atoms with E-state index in [-0.39, 0.29) is 19.0 Å². The first-order chi connectivity index (χ1) is 8.69. The van der Waals surface area contributed by atoms with Crippen LogP contribution in [0.25, 0.3) is 0 Å². The fraction of sp³-hybridized carbons (Fsp3) is 0.143. The standard InChI is InChI=1S/C14H13F2NO/c15-12-5-10(8-17)6-13(7-12)18-9-11-3-1-2-4-14(11)16/h1-7H,8-9,17H2. The summed E-state index contributed by atoms with van der Waals surface area (Å²) in [5, 5.41) is 0. The van der Waals surface area contributed by atoms with Crippen molar-refractivity contribution < 1.29 is 13.5 Å². The minimum Gasteiger partial charge on any atom is -0.489 e. The van der Waals surface area contributed by atoms with Crippen molar-refractivity contribution in [2.75, 3.05) is 0 Å². The molecule has 0 heterocycles. The van der Waals surface area contributed by atoms with Crippen LogP contribution in [-0.2, 0) is 13.2 Å². The van der Waals surface area contributed by atoms with Gasteiger partial charge in [-0.2, -0.15) is 0 Å². The summed E-state index contributed by atoms with van der Waals surface area (Å²) in [6.45, 7) is 0.286. The molecule has 0 bridgehead atoms. The fourth-order valence-electron chi connectivity index (χ4n) is 1.60. The molecule has 0 radical (unpaired) electrons. The van der Waals surface area contributed by atoms with Crippen LogP contribution in [0.4, 0.5) is 8.78 Å². The zero-order valence-electron chi connectivity index (χ0n) is 9.70. The summed E-state index contributed by atoms with van der Waals surface area (Å²) >= 11 is 0. The Bertz CT molecular complexity index is 543. The van der Waals surface area contributed by atoms with Crippen molar-refractivity contribution in [1.29, 1.82) is 0 Å². The largest absolute Gasteiger partial charge is 0.489 e. The Labute approximate surface area is 104 Å². The van der Waals surface area contributed by atoms with E-state index in [1.165, 1.54) is 18.2 Å². The molecule has 2 N–H and O–H groups in total. The molecule has 0 spiro atoms. The van der Waals surface area contributed by atoms with Gasteiger partial charge in [-0.25, -0.2) is 8.78 Å². The predicted octanol–water partition coefficient (Wildman–Crippen LogP) is 3.00. The number of hydrogen-bond acceptors (Lipinski definition) is 2.